The van der Waals surface area contributed by atoms with E-state index in [1.54, 1.807) is 25.3 Å². The van der Waals surface area contributed by atoms with Crippen molar-refractivity contribution in [2.45, 2.75) is 46.3 Å². The number of ether oxygens (including phenoxy) is 1. The average Bonchev–Trinajstić information content (AvgIpc) is 2.82. The second kappa shape index (κ2) is 7.62. The largest absolute Gasteiger partial charge is 0.483 e. The van der Waals surface area contributed by atoms with Crippen LogP contribution in [0.1, 0.15) is 36.3 Å². The summed E-state index contributed by atoms with van der Waals surface area (Å²) in [5.74, 6) is 0.104. The van der Waals surface area contributed by atoms with Gasteiger partial charge in [0, 0.05) is 19.2 Å². The Kier molecular flexibility index (Phi) is 5.56. The van der Waals surface area contributed by atoms with E-state index < -0.39 is 5.97 Å². The van der Waals surface area contributed by atoms with Gasteiger partial charge in [-0.25, -0.2) is 0 Å². The number of aliphatic carboxylic acids is 1. The number of unbranched alkanes of at least 4 members (excludes halogenated alkanes) is 1. The van der Waals surface area contributed by atoms with Crippen molar-refractivity contribution in [2.75, 3.05) is 0 Å². The molecule has 0 aliphatic carbocycles. The number of carbonyl (C=O) groups is 1. The van der Waals surface area contributed by atoms with Crippen molar-refractivity contribution < 1.29 is 19.2 Å². The molecule has 7 nitrogen and oxygen atoms in total. The number of rotatable bonds is 8. The van der Waals surface area contributed by atoms with Crippen LogP contribution in [0.3, 0.4) is 0 Å². The van der Waals surface area contributed by atoms with Gasteiger partial charge < -0.3 is 18.9 Å². The van der Waals surface area contributed by atoms with Crippen LogP contribution in [-0.2, 0) is 17.9 Å². The number of aryl methyl sites for hydroxylation is 3. The first-order valence-corrected chi connectivity index (χ1v) is 7.45. The van der Waals surface area contributed by atoms with E-state index in [9.17, 15) is 9.59 Å². The van der Waals surface area contributed by atoms with E-state index in [2.05, 4.69) is 5.16 Å². The molecule has 0 aliphatic heterocycles. The van der Waals surface area contributed by atoms with E-state index in [1.807, 2.05) is 6.92 Å². The minimum atomic E-state index is -0.825. The van der Waals surface area contributed by atoms with Gasteiger partial charge in [-0.3, -0.25) is 9.59 Å². The maximum absolute atomic E-state index is 12.3. The second-order valence-electron chi connectivity index (χ2n) is 5.31. The molecule has 0 saturated carbocycles. The normalized spacial score (nSPS) is 10.7. The quantitative estimate of drug-likeness (QED) is 0.750. The molecule has 0 bridgehead atoms. The van der Waals surface area contributed by atoms with Crippen molar-refractivity contribution >= 4 is 5.97 Å². The molecule has 0 spiro atoms. The Balaban J connectivity index is 1.99. The number of hydrogen-bond acceptors (Lipinski definition) is 5. The molecule has 0 fully saturated rings. The summed E-state index contributed by atoms with van der Waals surface area (Å²) >= 11 is 0. The number of carboxylic acid groups (broad SMARTS) is 1. The molecule has 0 aromatic carbocycles. The summed E-state index contributed by atoms with van der Waals surface area (Å²) in [6.45, 7) is 4.30. The zero-order valence-corrected chi connectivity index (χ0v) is 13.2. The van der Waals surface area contributed by atoms with Crippen molar-refractivity contribution in [2.24, 2.45) is 0 Å². The van der Waals surface area contributed by atoms with Crippen molar-refractivity contribution in [1.29, 1.82) is 0 Å². The molecule has 124 valence electrons. The number of aromatic nitrogens is 2. The van der Waals surface area contributed by atoms with Gasteiger partial charge in [-0.2, -0.15) is 0 Å². The molecule has 2 aromatic heterocycles. The fourth-order valence-corrected chi connectivity index (χ4v) is 2.22. The van der Waals surface area contributed by atoms with Gasteiger partial charge >= 0.3 is 5.97 Å². The highest BCUT2D eigenvalue weighted by Gasteiger charge is 2.11. The zero-order valence-electron chi connectivity index (χ0n) is 13.2. The third-order valence-corrected chi connectivity index (χ3v) is 3.58. The van der Waals surface area contributed by atoms with Crippen LogP contribution in [0.5, 0.6) is 5.75 Å². The van der Waals surface area contributed by atoms with Gasteiger partial charge in [0.25, 0.3) is 5.56 Å². The predicted octanol–water partition coefficient (Wildman–Crippen LogP) is 2.29. The fraction of sp³-hybridized carbons (Fsp3) is 0.438. The molecular formula is C16H20N2O5. The van der Waals surface area contributed by atoms with E-state index in [0.29, 0.717) is 25.1 Å². The van der Waals surface area contributed by atoms with Gasteiger partial charge in [-0.1, -0.05) is 5.16 Å². The van der Waals surface area contributed by atoms with Crippen LogP contribution >= 0.6 is 0 Å². The summed E-state index contributed by atoms with van der Waals surface area (Å²) in [5.41, 5.74) is 1.35. The van der Waals surface area contributed by atoms with E-state index in [-0.39, 0.29) is 24.3 Å². The molecule has 7 heteroatoms. The first-order valence-electron chi connectivity index (χ1n) is 7.45. The third-order valence-electron chi connectivity index (χ3n) is 3.58. The van der Waals surface area contributed by atoms with Crippen LogP contribution in [0, 0.1) is 13.8 Å². The van der Waals surface area contributed by atoms with Gasteiger partial charge in [-0.05, 0) is 38.8 Å². The smallest absolute Gasteiger partial charge is 0.303 e. The lowest BCUT2D eigenvalue weighted by Gasteiger charge is -2.09. The number of carboxylic acids is 1. The van der Waals surface area contributed by atoms with Gasteiger partial charge in [-0.15, -0.1) is 0 Å². The van der Waals surface area contributed by atoms with Crippen molar-refractivity contribution in [3.05, 3.63) is 45.7 Å². The first-order chi connectivity index (χ1) is 11.0. The van der Waals surface area contributed by atoms with Crippen LogP contribution in [-0.4, -0.2) is 20.8 Å². The molecule has 0 saturated heterocycles. The highest BCUT2D eigenvalue weighted by molar-refractivity contribution is 5.66. The summed E-state index contributed by atoms with van der Waals surface area (Å²) in [6, 6.07) is 3.36. The van der Waals surface area contributed by atoms with E-state index in [4.69, 9.17) is 14.4 Å². The Labute approximate surface area is 133 Å². The molecule has 0 aliphatic rings. The molecule has 0 radical (unpaired) electrons. The summed E-state index contributed by atoms with van der Waals surface area (Å²) < 4.78 is 12.2. The average molecular weight is 320 g/mol. The molecule has 0 amide bonds. The lowest BCUT2D eigenvalue weighted by molar-refractivity contribution is -0.137. The molecular weight excluding hydrogens is 300 g/mol. The lowest BCUT2D eigenvalue weighted by atomic mass is 10.2. The summed E-state index contributed by atoms with van der Waals surface area (Å²) in [7, 11) is 0. The minimum Gasteiger partial charge on any atom is -0.483 e. The van der Waals surface area contributed by atoms with Gasteiger partial charge in [0.2, 0.25) is 0 Å². The van der Waals surface area contributed by atoms with E-state index in [1.165, 1.54) is 4.57 Å². The van der Waals surface area contributed by atoms with Gasteiger partial charge in [0.15, 0.2) is 5.75 Å². The highest BCUT2D eigenvalue weighted by Crippen LogP contribution is 2.15. The molecule has 2 aromatic rings. The van der Waals surface area contributed by atoms with Crippen molar-refractivity contribution in [3.8, 4) is 5.75 Å². The zero-order chi connectivity index (χ0) is 16.8. The maximum Gasteiger partial charge on any atom is 0.303 e. The third kappa shape index (κ3) is 4.45. The Bertz CT molecular complexity index is 713. The maximum atomic E-state index is 12.3. The summed E-state index contributed by atoms with van der Waals surface area (Å²) in [5, 5.41) is 12.5. The minimum absolute atomic E-state index is 0.108. The topological polar surface area (TPSA) is 94.6 Å². The van der Waals surface area contributed by atoms with E-state index in [0.717, 1.165) is 11.3 Å². The Morgan fingerprint density at radius 1 is 1.39 bits per heavy atom. The second-order valence-corrected chi connectivity index (χ2v) is 5.31. The molecule has 0 atom stereocenters. The van der Waals surface area contributed by atoms with Crippen LogP contribution in [0.15, 0.2) is 27.6 Å². The van der Waals surface area contributed by atoms with Crippen molar-refractivity contribution in [3.63, 3.8) is 0 Å². The number of nitrogens with zero attached hydrogens (tertiary/aromatic N) is 2. The molecule has 2 rings (SSSR count). The van der Waals surface area contributed by atoms with Crippen LogP contribution in [0.2, 0.25) is 0 Å². The number of hydrogen-bond donors (Lipinski definition) is 1. The first kappa shape index (κ1) is 16.8. The summed E-state index contributed by atoms with van der Waals surface area (Å²) in [4.78, 5) is 22.8. The lowest BCUT2D eigenvalue weighted by Crippen LogP contribution is -2.21. The summed E-state index contributed by atoms with van der Waals surface area (Å²) in [6.07, 6.45) is 2.94. The van der Waals surface area contributed by atoms with E-state index >= 15 is 0 Å². The van der Waals surface area contributed by atoms with Crippen LogP contribution < -0.4 is 10.3 Å². The molecule has 1 N–H and O–H groups in total. The predicted molar refractivity (Wildman–Crippen MR) is 82.5 cm³/mol. The Hall–Kier alpha value is -2.57. The Morgan fingerprint density at radius 2 is 2.17 bits per heavy atom. The standard InChI is InChI=1S/C16H20N2O5/c1-11-13(12(2)23-17-11)10-22-14-6-5-9-18(16(14)21)8-4-3-7-15(19)20/h5-6,9H,3-4,7-8,10H2,1-2H3,(H,19,20). The van der Waals surface area contributed by atoms with Gasteiger partial charge in [0.1, 0.15) is 12.4 Å². The van der Waals surface area contributed by atoms with Crippen molar-refractivity contribution in [1.82, 2.24) is 9.72 Å². The Morgan fingerprint density at radius 3 is 2.83 bits per heavy atom. The molecule has 2 heterocycles. The van der Waals surface area contributed by atoms with Crippen LogP contribution in [0.25, 0.3) is 0 Å². The monoisotopic (exact) mass is 320 g/mol. The fourth-order valence-electron chi connectivity index (χ4n) is 2.22. The SMILES string of the molecule is Cc1noc(C)c1COc1cccn(CCCCC(=O)O)c1=O. The molecule has 23 heavy (non-hydrogen) atoms. The molecule has 0 unspecified atom stereocenters. The highest BCUT2D eigenvalue weighted by atomic mass is 16.5. The van der Waals surface area contributed by atoms with Crippen LogP contribution in [0.4, 0.5) is 0 Å². The van der Waals surface area contributed by atoms with Gasteiger partial charge in [0.05, 0.1) is 11.3 Å². The number of pyridine rings is 1.